The lowest BCUT2D eigenvalue weighted by atomic mass is 9.91. The van der Waals surface area contributed by atoms with E-state index < -0.39 is 0 Å². The highest BCUT2D eigenvalue weighted by Crippen LogP contribution is 2.37. The topological polar surface area (TPSA) is 26.3 Å². The average Bonchev–Trinajstić information content (AvgIpc) is 2.52. The number of benzene rings is 4. The number of carbonyl (C=O) groups excluding carboxylic acids is 1. The lowest BCUT2D eigenvalue weighted by Crippen LogP contribution is -1.99. The highest BCUT2D eigenvalue weighted by atomic mass is 16.5. The van der Waals surface area contributed by atoms with Crippen molar-refractivity contribution in [3.05, 3.63) is 60.2 Å². The van der Waals surface area contributed by atoms with Crippen molar-refractivity contribution in [3.8, 4) is 0 Å². The first-order valence-corrected chi connectivity index (χ1v) is 6.99. The molecule has 0 aliphatic heterocycles. The molecule has 0 saturated heterocycles. The maximum absolute atomic E-state index is 10.5. The minimum absolute atomic E-state index is 0.299. The molecule has 101 valence electrons. The van der Waals surface area contributed by atoms with Gasteiger partial charge in [-0.05, 0) is 39.2 Å². The van der Waals surface area contributed by atoms with Crippen molar-refractivity contribution < 1.29 is 9.53 Å². The molecule has 4 aromatic rings. The van der Waals surface area contributed by atoms with Gasteiger partial charge in [0.05, 0.1) is 0 Å². The van der Waals surface area contributed by atoms with Gasteiger partial charge in [-0.3, -0.25) is 0 Å². The fourth-order valence-corrected chi connectivity index (χ4v) is 3.25. The van der Waals surface area contributed by atoms with Crippen LogP contribution in [0.15, 0.2) is 54.6 Å². The van der Waals surface area contributed by atoms with E-state index in [1.165, 1.54) is 26.9 Å². The van der Waals surface area contributed by atoms with E-state index in [0.29, 0.717) is 0 Å². The molecule has 0 amide bonds. The minimum atomic E-state index is -0.299. The van der Waals surface area contributed by atoms with Gasteiger partial charge in [0.25, 0.3) is 0 Å². The lowest BCUT2D eigenvalue weighted by molar-refractivity contribution is 0.199. The molecule has 0 fully saturated rings. The quantitative estimate of drug-likeness (QED) is 0.504. The van der Waals surface area contributed by atoms with E-state index in [2.05, 4.69) is 48.5 Å². The van der Waals surface area contributed by atoms with Crippen molar-refractivity contribution in [2.45, 2.75) is 13.0 Å². The summed E-state index contributed by atoms with van der Waals surface area (Å²) in [5.74, 6) is 0. The first-order valence-electron chi connectivity index (χ1n) is 6.99. The van der Waals surface area contributed by atoms with Crippen molar-refractivity contribution in [1.29, 1.82) is 0 Å². The molecule has 0 aliphatic rings. The van der Waals surface area contributed by atoms with Crippen molar-refractivity contribution in [2.24, 2.45) is 0 Å². The Hall–Kier alpha value is -2.61. The van der Waals surface area contributed by atoms with Crippen molar-refractivity contribution >= 4 is 38.8 Å². The normalized spacial score (nSPS) is 13.0. The highest BCUT2D eigenvalue weighted by molar-refractivity contribution is 6.23. The third-order valence-electron chi connectivity index (χ3n) is 4.23. The van der Waals surface area contributed by atoms with Crippen LogP contribution in [0.5, 0.6) is 0 Å². The molecule has 1 atom stereocenters. The maximum Gasteiger partial charge on any atom is 0.418 e. The number of ether oxygens (including phenoxy) is 1. The molecule has 2 heteroatoms. The zero-order chi connectivity index (χ0) is 14.4. The molecule has 4 rings (SSSR count). The number of rotatable bonds is 3. The molecular weight excluding hydrogens is 260 g/mol. The van der Waals surface area contributed by atoms with E-state index in [1.54, 1.807) is 6.47 Å². The molecule has 0 aliphatic carbocycles. The van der Waals surface area contributed by atoms with Gasteiger partial charge in [0.1, 0.15) is 6.10 Å². The summed E-state index contributed by atoms with van der Waals surface area (Å²) in [7, 11) is 0. The molecule has 1 unspecified atom stereocenters. The van der Waals surface area contributed by atoms with Crippen molar-refractivity contribution in [2.75, 3.05) is 0 Å². The van der Waals surface area contributed by atoms with E-state index in [0.717, 1.165) is 10.9 Å². The van der Waals surface area contributed by atoms with Crippen LogP contribution in [-0.2, 0) is 9.53 Å². The minimum Gasteiger partial charge on any atom is -0.449 e. The summed E-state index contributed by atoms with van der Waals surface area (Å²) < 4.78 is 5.01. The highest BCUT2D eigenvalue weighted by Gasteiger charge is 2.14. The van der Waals surface area contributed by atoms with Crippen molar-refractivity contribution in [3.63, 3.8) is 0 Å². The first kappa shape index (κ1) is 12.2. The van der Waals surface area contributed by atoms with E-state index in [4.69, 9.17) is 4.74 Å². The van der Waals surface area contributed by atoms with Gasteiger partial charge in [-0.2, -0.15) is 0 Å². The second-order valence-corrected chi connectivity index (χ2v) is 5.35. The fourth-order valence-electron chi connectivity index (χ4n) is 3.25. The predicted molar refractivity (Wildman–Crippen MR) is 85.3 cm³/mol. The molecule has 0 aromatic heterocycles. The number of hydrogen-bond donors (Lipinski definition) is 0. The first-order chi connectivity index (χ1) is 10.3. The van der Waals surface area contributed by atoms with Crippen LogP contribution in [0.2, 0.25) is 0 Å². The van der Waals surface area contributed by atoms with Crippen LogP contribution in [0.25, 0.3) is 32.3 Å². The summed E-state index contributed by atoms with van der Waals surface area (Å²) in [4.78, 5) is 10.5. The van der Waals surface area contributed by atoms with Crippen LogP contribution < -0.4 is 0 Å². The predicted octanol–water partition coefficient (Wildman–Crippen LogP) is 4.73. The third-order valence-corrected chi connectivity index (χ3v) is 4.23. The molecule has 1 radical (unpaired) electrons. The molecular formula is C19H13O2. The summed E-state index contributed by atoms with van der Waals surface area (Å²) in [5.41, 5.74) is 1.02. The fraction of sp³-hybridized carbons (Fsp3) is 0.105. The Bertz CT molecular complexity index is 940. The molecule has 0 saturated carbocycles. The molecule has 0 bridgehead atoms. The monoisotopic (exact) mass is 273 g/mol. The Kier molecular flexibility index (Phi) is 2.58. The molecule has 0 spiro atoms. The summed E-state index contributed by atoms with van der Waals surface area (Å²) in [6.07, 6.45) is -0.299. The van der Waals surface area contributed by atoms with Gasteiger partial charge in [0, 0.05) is 5.56 Å². The maximum atomic E-state index is 10.5. The summed E-state index contributed by atoms with van der Waals surface area (Å²) >= 11 is 0. The summed E-state index contributed by atoms with van der Waals surface area (Å²) in [6.45, 7) is 3.42. The SMILES string of the molecule is CC(O[C]=O)c1ccc2ccc3cccc4ccc1c2c34. The molecule has 21 heavy (non-hydrogen) atoms. The Balaban J connectivity index is 2.17. The van der Waals surface area contributed by atoms with Gasteiger partial charge >= 0.3 is 6.47 Å². The Morgan fingerprint density at radius 1 is 0.857 bits per heavy atom. The van der Waals surface area contributed by atoms with E-state index >= 15 is 0 Å². The van der Waals surface area contributed by atoms with Crippen LogP contribution in [0.4, 0.5) is 0 Å². The standard InChI is InChI=1S/C19H13O2/c1-12(21-11-20)16-9-7-15-6-5-13-3-2-4-14-8-10-17(16)19(15)18(13)14/h2-10,12H,1H3. The smallest absolute Gasteiger partial charge is 0.418 e. The second kappa shape index (κ2) is 4.45. The Labute approximate surface area is 122 Å². The Morgan fingerprint density at radius 3 is 2.19 bits per heavy atom. The van der Waals surface area contributed by atoms with Gasteiger partial charge in [0.2, 0.25) is 0 Å². The van der Waals surface area contributed by atoms with Crippen LogP contribution >= 0.6 is 0 Å². The van der Waals surface area contributed by atoms with Crippen LogP contribution in [-0.4, -0.2) is 6.47 Å². The van der Waals surface area contributed by atoms with Gasteiger partial charge in [0.15, 0.2) is 0 Å². The van der Waals surface area contributed by atoms with Gasteiger partial charge in [-0.15, -0.1) is 0 Å². The lowest BCUT2D eigenvalue weighted by Gasteiger charge is -2.16. The van der Waals surface area contributed by atoms with E-state index in [9.17, 15) is 4.79 Å². The molecule has 0 N–H and O–H groups in total. The van der Waals surface area contributed by atoms with Crippen LogP contribution in [0.1, 0.15) is 18.6 Å². The summed E-state index contributed by atoms with van der Waals surface area (Å²) in [6, 6.07) is 19.0. The van der Waals surface area contributed by atoms with Crippen LogP contribution in [0, 0.1) is 0 Å². The zero-order valence-corrected chi connectivity index (χ0v) is 11.6. The molecule has 2 nitrogen and oxygen atoms in total. The van der Waals surface area contributed by atoms with E-state index in [-0.39, 0.29) is 6.10 Å². The Morgan fingerprint density at radius 2 is 1.48 bits per heavy atom. The second-order valence-electron chi connectivity index (χ2n) is 5.35. The third kappa shape index (κ3) is 1.69. The average molecular weight is 273 g/mol. The van der Waals surface area contributed by atoms with E-state index in [1.807, 2.05) is 13.0 Å². The van der Waals surface area contributed by atoms with Gasteiger partial charge < -0.3 is 4.74 Å². The molecule has 0 heterocycles. The number of hydrogen-bond acceptors (Lipinski definition) is 2. The summed E-state index contributed by atoms with van der Waals surface area (Å²) in [5, 5.41) is 7.33. The zero-order valence-electron chi connectivity index (χ0n) is 11.6. The van der Waals surface area contributed by atoms with Crippen molar-refractivity contribution in [1.82, 2.24) is 0 Å². The van der Waals surface area contributed by atoms with Crippen LogP contribution in [0.3, 0.4) is 0 Å². The van der Waals surface area contributed by atoms with Gasteiger partial charge in [-0.1, -0.05) is 54.6 Å². The van der Waals surface area contributed by atoms with Gasteiger partial charge in [-0.25, -0.2) is 4.79 Å². The largest absolute Gasteiger partial charge is 0.449 e. The molecule has 4 aromatic carbocycles.